The van der Waals surface area contributed by atoms with Crippen molar-refractivity contribution in [3.05, 3.63) is 29.6 Å². The number of hydrogen-bond acceptors (Lipinski definition) is 4. The van der Waals surface area contributed by atoms with Gasteiger partial charge in [0.25, 0.3) is 0 Å². The first-order valence-corrected chi connectivity index (χ1v) is 6.71. The summed E-state index contributed by atoms with van der Waals surface area (Å²) >= 11 is 1.06. The summed E-state index contributed by atoms with van der Waals surface area (Å²) < 4.78 is 13.5. The molecule has 1 aliphatic heterocycles. The maximum atomic E-state index is 13.5. The minimum Gasteiger partial charge on any atom is -0.478 e. The van der Waals surface area contributed by atoms with Crippen LogP contribution in [0.3, 0.4) is 0 Å². The predicted molar refractivity (Wildman–Crippen MR) is 69.2 cm³/mol. The largest absolute Gasteiger partial charge is 0.478 e. The average molecular weight is 298 g/mol. The summed E-state index contributed by atoms with van der Waals surface area (Å²) in [5.41, 5.74) is -0.0103. The molecule has 0 bridgehead atoms. The lowest BCUT2D eigenvalue weighted by atomic mass is 10.2. The Kier molecular flexibility index (Phi) is 4.23. The zero-order valence-corrected chi connectivity index (χ0v) is 11.1. The van der Waals surface area contributed by atoms with E-state index in [9.17, 15) is 18.8 Å². The molecule has 3 amide bonds. The number of hydrogen-bond donors (Lipinski definition) is 2. The van der Waals surface area contributed by atoms with Gasteiger partial charge >= 0.3 is 12.0 Å². The smallest absolute Gasteiger partial charge is 0.335 e. The van der Waals surface area contributed by atoms with Gasteiger partial charge in [0, 0.05) is 17.2 Å². The molecule has 8 heteroatoms. The summed E-state index contributed by atoms with van der Waals surface area (Å²) in [6, 6.07) is 3.03. The molecule has 20 heavy (non-hydrogen) atoms. The maximum absolute atomic E-state index is 13.5. The molecule has 106 valence electrons. The van der Waals surface area contributed by atoms with E-state index in [1.165, 1.54) is 12.1 Å². The van der Waals surface area contributed by atoms with Crippen LogP contribution in [0.15, 0.2) is 23.1 Å². The van der Waals surface area contributed by atoms with Crippen LogP contribution in [0.25, 0.3) is 0 Å². The van der Waals surface area contributed by atoms with E-state index in [2.05, 4.69) is 5.32 Å². The quantitative estimate of drug-likeness (QED) is 0.629. The molecule has 0 aliphatic carbocycles. The SMILES string of the molecule is O=C(O)c1ccc(F)c(SCCN2C(=O)CNC2=O)c1. The normalized spacial score (nSPS) is 14.6. The van der Waals surface area contributed by atoms with Crippen molar-refractivity contribution < 1.29 is 23.9 Å². The Morgan fingerprint density at radius 1 is 1.45 bits per heavy atom. The molecule has 1 saturated heterocycles. The molecule has 1 aromatic carbocycles. The first-order valence-electron chi connectivity index (χ1n) is 5.73. The molecule has 2 N–H and O–H groups in total. The lowest BCUT2D eigenvalue weighted by molar-refractivity contribution is -0.124. The second-order valence-corrected chi connectivity index (χ2v) is 5.14. The monoisotopic (exact) mass is 298 g/mol. The molecule has 0 unspecified atom stereocenters. The fourth-order valence-corrected chi connectivity index (χ4v) is 2.59. The summed E-state index contributed by atoms with van der Waals surface area (Å²) in [6.45, 7) is 0.123. The lowest BCUT2D eigenvalue weighted by Crippen LogP contribution is -2.32. The van der Waals surface area contributed by atoms with E-state index in [-0.39, 0.29) is 29.5 Å². The van der Waals surface area contributed by atoms with Crippen molar-refractivity contribution in [2.24, 2.45) is 0 Å². The van der Waals surface area contributed by atoms with Gasteiger partial charge in [0.15, 0.2) is 0 Å². The van der Waals surface area contributed by atoms with Gasteiger partial charge in [-0.25, -0.2) is 14.0 Å². The molecular weight excluding hydrogens is 287 g/mol. The average Bonchev–Trinajstić information content (AvgIpc) is 2.72. The topological polar surface area (TPSA) is 86.7 Å². The van der Waals surface area contributed by atoms with E-state index in [1.54, 1.807) is 0 Å². The first-order chi connectivity index (χ1) is 9.49. The Bertz CT molecular complexity index is 563. The number of carboxylic acid groups (broad SMARTS) is 1. The number of imide groups is 1. The van der Waals surface area contributed by atoms with Crippen LogP contribution in [-0.2, 0) is 4.79 Å². The number of carboxylic acids is 1. The summed E-state index contributed by atoms with van der Waals surface area (Å²) in [5.74, 6) is -1.70. The number of carbonyl (C=O) groups is 3. The molecule has 1 aromatic rings. The first kappa shape index (κ1) is 14.3. The molecule has 1 fully saturated rings. The second kappa shape index (κ2) is 5.91. The minimum atomic E-state index is -1.14. The predicted octanol–water partition coefficient (Wildman–Crippen LogP) is 1.17. The lowest BCUT2D eigenvalue weighted by Gasteiger charge is -2.12. The van der Waals surface area contributed by atoms with Crippen LogP contribution in [-0.4, -0.2) is 46.8 Å². The number of benzene rings is 1. The summed E-state index contributed by atoms with van der Waals surface area (Å²) in [7, 11) is 0. The van der Waals surface area contributed by atoms with Crippen molar-refractivity contribution in [3.63, 3.8) is 0 Å². The summed E-state index contributed by atoms with van der Waals surface area (Å²) in [6.07, 6.45) is 0. The molecule has 1 aliphatic rings. The zero-order chi connectivity index (χ0) is 14.7. The molecule has 0 radical (unpaired) electrons. The van der Waals surface area contributed by atoms with Crippen LogP contribution < -0.4 is 5.32 Å². The number of carbonyl (C=O) groups excluding carboxylic acids is 2. The van der Waals surface area contributed by atoms with E-state index in [4.69, 9.17) is 5.11 Å². The highest BCUT2D eigenvalue weighted by molar-refractivity contribution is 7.99. The Labute approximate surface area is 117 Å². The standard InChI is InChI=1S/C12H11FN2O4S/c13-8-2-1-7(11(17)18)5-9(8)20-4-3-15-10(16)6-14-12(15)19/h1-2,5H,3-4,6H2,(H,14,19)(H,17,18). The van der Waals surface area contributed by atoms with Gasteiger partial charge in [-0.05, 0) is 18.2 Å². The van der Waals surface area contributed by atoms with E-state index in [1.807, 2.05) is 0 Å². The number of amides is 3. The minimum absolute atomic E-state index is 0.0103. The molecule has 2 rings (SSSR count). The highest BCUT2D eigenvalue weighted by atomic mass is 32.2. The van der Waals surface area contributed by atoms with Crippen molar-refractivity contribution in [3.8, 4) is 0 Å². The third kappa shape index (κ3) is 3.08. The highest BCUT2D eigenvalue weighted by Gasteiger charge is 2.27. The van der Waals surface area contributed by atoms with Gasteiger partial charge in [-0.2, -0.15) is 0 Å². The molecule has 0 saturated carbocycles. The van der Waals surface area contributed by atoms with Crippen molar-refractivity contribution in [1.82, 2.24) is 10.2 Å². The molecule has 6 nitrogen and oxygen atoms in total. The summed E-state index contributed by atoms with van der Waals surface area (Å²) in [4.78, 5) is 34.6. The van der Waals surface area contributed by atoms with E-state index in [0.717, 1.165) is 22.7 Å². The number of aromatic carboxylic acids is 1. The molecule has 1 heterocycles. The maximum Gasteiger partial charge on any atom is 0.335 e. The van der Waals surface area contributed by atoms with Crippen LogP contribution in [0.5, 0.6) is 0 Å². The molecule has 0 aromatic heterocycles. The van der Waals surface area contributed by atoms with E-state index >= 15 is 0 Å². The van der Waals surface area contributed by atoms with Gasteiger partial charge in [0.1, 0.15) is 5.82 Å². The van der Waals surface area contributed by atoms with E-state index < -0.39 is 17.8 Å². The molecule has 0 spiro atoms. The van der Waals surface area contributed by atoms with E-state index in [0.29, 0.717) is 5.75 Å². The van der Waals surface area contributed by atoms with Gasteiger partial charge in [0.05, 0.1) is 12.1 Å². The fourth-order valence-electron chi connectivity index (χ4n) is 1.68. The number of nitrogens with one attached hydrogen (secondary N) is 1. The van der Waals surface area contributed by atoms with Crippen molar-refractivity contribution in [1.29, 1.82) is 0 Å². The van der Waals surface area contributed by atoms with Crippen molar-refractivity contribution in [2.75, 3.05) is 18.8 Å². The molecular formula is C12H11FN2O4S. The van der Waals surface area contributed by atoms with Crippen molar-refractivity contribution in [2.45, 2.75) is 4.90 Å². The van der Waals surface area contributed by atoms with Gasteiger partial charge in [-0.1, -0.05) is 0 Å². The van der Waals surface area contributed by atoms with Crippen LogP contribution in [0, 0.1) is 5.82 Å². The Morgan fingerprint density at radius 2 is 2.20 bits per heavy atom. The van der Waals surface area contributed by atoms with Gasteiger partial charge in [-0.3, -0.25) is 9.69 Å². The Morgan fingerprint density at radius 3 is 2.80 bits per heavy atom. The Balaban J connectivity index is 1.97. The number of thioether (sulfide) groups is 1. The number of urea groups is 1. The number of nitrogens with zero attached hydrogens (tertiary/aromatic N) is 1. The van der Waals surface area contributed by atoms with Crippen LogP contribution in [0.1, 0.15) is 10.4 Å². The van der Waals surface area contributed by atoms with Crippen molar-refractivity contribution >= 4 is 29.7 Å². The fraction of sp³-hybridized carbons (Fsp3) is 0.250. The number of rotatable bonds is 5. The highest BCUT2D eigenvalue weighted by Crippen LogP contribution is 2.23. The third-order valence-corrected chi connectivity index (χ3v) is 3.70. The van der Waals surface area contributed by atoms with Crippen LogP contribution >= 0.6 is 11.8 Å². The summed E-state index contributed by atoms with van der Waals surface area (Å²) in [5, 5.41) is 11.2. The Hall–Kier alpha value is -2.09. The molecule has 0 atom stereocenters. The van der Waals surface area contributed by atoms with Gasteiger partial charge < -0.3 is 10.4 Å². The van der Waals surface area contributed by atoms with Crippen LogP contribution in [0.2, 0.25) is 0 Å². The zero-order valence-electron chi connectivity index (χ0n) is 10.3. The van der Waals surface area contributed by atoms with Gasteiger partial charge in [0.2, 0.25) is 5.91 Å². The third-order valence-electron chi connectivity index (χ3n) is 2.69. The number of halogens is 1. The van der Waals surface area contributed by atoms with Crippen LogP contribution in [0.4, 0.5) is 9.18 Å². The van der Waals surface area contributed by atoms with Gasteiger partial charge in [-0.15, -0.1) is 11.8 Å². The second-order valence-electron chi connectivity index (χ2n) is 4.00.